The van der Waals surface area contributed by atoms with Gasteiger partial charge in [0.1, 0.15) is 0 Å². The molecule has 2 heteroatoms. The number of hydrogen-bond donors (Lipinski definition) is 0. The molecular weight excluding hydrogens is 194 g/mol. The molecule has 84 valence electrons. The van der Waals surface area contributed by atoms with Gasteiger partial charge in [-0.2, -0.15) is 0 Å². The van der Waals surface area contributed by atoms with Crippen LogP contribution in [0.5, 0.6) is 0 Å². The van der Waals surface area contributed by atoms with E-state index in [-0.39, 0.29) is 6.67 Å². The predicted octanol–water partition coefficient (Wildman–Crippen LogP) is 5.27. The van der Waals surface area contributed by atoms with Crippen LogP contribution in [0.25, 0.3) is 0 Å². The van der Waals surface area contributed by atoms with Gasteiger partial charge >= 0.3 is 0 Å². The first-order chi connectivity index (χ1) is 6.91. The third-order valence-corrected chi connectivity index (χ3v) is 2.86. The molecule has 0 saturated carbocycles. The Hall–Kier alpha value is 0.360. The average Bonchev–Trinajstić information content (AvgIpc) is 2.21. The predicted molar refractivity (Wildman–Crippen MR) is 63.9 cm³/mol. The minimum absolute atomic E-state index is 0.135. The molecule has 2 radical (unpaired) electrons. The van der Waals surface area contributed by atoms with Crippen LogP contribution in [0.4, 0.5) is 4.39 Å². The molecule has 14 heavy (non-hydrogen) atoms. The van der Waals surface area contributed by atoms with Crippen LogP contribution in [0.1, 0.15) is 64.2 Å². The van der Waals surface area contributed by atoms with Gasteiger partial charge in [0.05, 0.1) is 6.67 Å². The van der Waals surface area contributed by atoms with Gasteiger partial charge in [-0.25, -0.2) is 0 Å². The van der Waals surface area contributed by atoms with Gasteiger partial charge in [-0.3, -0.25) is 4.39 Å². The lowest BCUT2D eigenvalue weighted by Crippen LogP contribution is -1.83. The highest BCUT2D eigenvalue weighted by atomic mass is 31.0. The molecule has 0 aliphatic rings. The SMILES string of the molecule is FCCCCCCCCCCCC[P]. The monoisotopic (exact) mass is 218 g/mol. The van der Waals surface area contributed by atoms with Gasteiger partial charge in [-0.05, 0) is 28.2 Å². The lowest BCUT2D eigenvalue weighted by Gasteiger charge is -2.00. The zero-order valence-electron chi connectivity index (χ0n) is 9.31. The lowest BCUT2D eigenvalue weighted by atomic mass is 10.1. The van der Waals surface area contributed by atoms with Crippen molar-refractivity contribution in [1.29, 1.82) is 0 Å². The second kappa shape index (κ2) is 13.4. The van der Waals surface area contributed by atoms with Crippen LogP contribution in [-0.4, -0.2) is 12.8 Å². The summed E-state index contributed by atoms with van der Waals surface area (Å²) in [7, 11) is 4.18. The van der Waals surface area contributed by atoms with E-state index in [2.05, 4.69) is 9.24 Å². The van der Waals surface area contributed by atoms with Crippen molar-refractivity contribution in [2.24, 2.45) is 0 Å². The molecule has 0 heterocycles. The Kier molecular flexibility index (Phi) is 13.7. The van der Waals surface area contributed by atoms with Crippen molar-refractivity contribution >= 4 is 9.24 Å². The van der Waals surface area contributed by atoms with Gasteiger partial charge in [0.15, 0.2) is 0 Å². The van der Waals surface area contributed by atoms with E-state index in [0.29, 0.717) is 0 Å². The Morgan fingerprint density at radius 2 is 0.929 bits per heavy atom. The Morgan fingerprint density at radius 3 is 1.29 bits per heavy atom. The van der Waals surface area contributed by atoms with Crippen molar-refractivity contribution in [3.8, 4) is 0 Å². The molecule has 0 aromatic heterocycles. The summed E-state index contributed by atoms with van der Waals surface area (Å²) in [5, 5.41) is 0. The van der Waals surface area contributed by atoms with Crippen LogP contribution in [0.2, 0.25) is 0 Å². The minimum atomic E-state index is -0.135. The third kappa shape index (κ3) is 12.4. The molecule has 0 aliphatic carbocycles. The molecule has 0 rings (SSSR count). The normalized spacial score (nSPS) is 10.7. The average molecular weight is 218 g/mol. The number of rotatable bonds is 11. The van der Waals surface area contributed by atoms with Gasteiger partial charge in [0.2, 0.25) is 0 Å². The van der Waals surface area contributed by atoms with Crippen molar-refractivity contribution in [3.63, 3.8) is 0 Å². The Bertz CT molecular complexity index is 84.3. The number of unbranched alkanes of at least 4 members (excludes halogenated alkanes) is 9. The highest BCUT2D eigenvalue weighted by molar-refractivity contribution is 7.16. The second-order valence-corrected chi connectivity index (χ2v) is 4.40. The summed E-state index contributed by atoms with van der Waals surface area (Å²) in [4.78, 5) is 0. The van der Waals surface area contributed by atoms with Crippen LogP contribution < -0.4 is 0 Å². The van der Waals surface area contributed by atoms with Crippen molar-refractivity contribution in [2.75, 3.05) is 12.8 Å². The van der Waals surface area contributed by atoms with Gasteiger partial charge in [0.25, 0.3) is 0 Å². The van der Waals surface area contributed by atoms with Gasteiger partial charge in [0, 0.05) is 0 Å². The van der Waals surface area contributed by atoms with E-state index in [9.17, 15) is 4.39 Å². The fraction of sp³-hybridized carbons (Fsp3) is 1.00. The number of hydrogen-bond acceptors (Lipinski definition) is 0. The first-order valence-corrected chi connectivity index (χ1v) is 6.72. The summed E-state index contributed by atoms with van der Waals surface area (Å²) in [5.74, 6) is 0. The maximum atomic E-state index is 11.7. The van der Waals surface area contributed by atoms with E-state index in [4.69, 9.17) is 0 Å². The highest BCUT2D eigenvalue weighted by Crippen LogP contribution is 2.10. The topological polar surface area (TPSA) is 0 Å². The molecule has 0 spiro atoms. The first-order valence-electron chi connectivity index (χ1n) is 6.08. The van der Waals surface area contributed by atoms with E-state index in [1.807, 2.05) is 0 Å². The summed E-state index contributed by atoms with van der Waals surface area (Å²) < 4.78 is 11.7. The fourth-order valence-electron chi connectivity index (χ4n) is 1.62. The van der Waals surface area contributed by atoms with Crippen molar-refractivity contribution in [1.82, 2.24) is 0 Å². The summed E-state index contributed by atoms with van der Waals surface area (Å²) in [6, 6.07) is 0. The quantitative estimate of drug-likeness (QED) is 0.327. The second-order valence-electron chi connectivity index (χ2n) is 3.95. The zero-order valence-corrected chi connectivity index (χ0v) is 10.2. The number of alkyl halides is 1. The Balaban J connectivity index is 2.78. The third-order valence-electron chi connectivity index (χ3n) is 2.54. The van der Waals surface area contributed by atoms with Gasteiger partial charge < -0.3 is 0 Å². The minimum Gasteiger partial charge on any atom is -0.251 e. The maximum absolute atomic E-state index is 11.7. The summed E-state index contributed by atoms with van der Waals surface area (Å²) >= 11 is 0. The smallest absolute Gasteiger partial charge is 0.0894 e. The summed E-state index contributed by atoms with van der Waals surface area (Å²) in [6.45, 7) is -0.135. The molecular formula is C12H24FP. The van der Waals surface area contributed by atoms with E-state index < -0.39 is 0 Å². The standard InChI is InChI=1S/C12H24FP/c13-11-9-7-5-3-1-2-4-6-8-10-12-14/h1-12H2. The molecule has 0 unspecified atom stereocenters. The Morgan fingerprint density at radius 1 is 0.571 bits per heavy atom. The molecule has 0 nitrogen and oxygen atoms in total. The van der Waals surface area contributed by atoms with Crippen LogP contribution in [-0.2, 0) is 0 Å². The van der Waals surface area contributed by atoms with Crippen LogP contribution in [0.3, 0.4) is 0 Å². The molecule has 0 amide bonds. The molecule has 0 aliphatic heterocycles. The first kappa shape index (κ1) is 14.4. The van der Waals surface area contributed by atoms with E-state index in [1.165, 1.54) is 51.4 Å². The van der Waals surface area contributed by atoms with Gasteiger partial charge in [-0.15, -0.1) is 0 Å². The highest BCUT2D eigenvalue weighted by Gasteiger charge is 1.92. The number of halogens is 1. The molecule has 0 aromatic rings. The van der Waals surface area contributed by atoms with Crippen molar-refractivity contribution in [2.45, 2.75) is 64.2 Å². The molecule has 0 bridgehead atoms. The van der Waals surface area contributed by atoms with Gasteiger partial charge in [-0.1, -0.05) is 51.4 Å². The largest absolute Gasteiger partial charge is 0.251 e. The zero-order chi connectivity index (χ0) is 10.5. The molecule has 0 N–H and O–H groups in total. The van der Waals surface area contributed by atoms with E-state index >= 15 is 0 Å². The molecule has 0 saturated heterocycles. The van der Waals surface area contributed by atoms with Crippen LogP contribution in [0, 0.1) is 0 Å². The summed E-state index contributed by atoms with van der Waals surface area (Å²) in [6.07, 6.45) is 13.4. The summed E-state index contributed by atoms with van der Waals surface area (Å²) in [5.41, 5.74) is 0. The van der Waals surface area contributed by atoms with Crippen molar-refractivity contribution < 1.29 is 4.39 Å². The van der Waals surface area contributed by atoms with Crippen molar-refractivity contribution in [3.05, 3.63) is 0 Å². The maximum Gasteiger partial charge on any atom is 0.0894 e. The lowest BCUT2D eigenvalue weighted by molar-refractivity contribution is 0.449. The fourth-order valence-corrected chi connectivity index (χ4v) is 1.84. The molecule has 0 atom stereocenters. The Labute approximate surface area is 91.2 Å². The van der Waals surface area contributed by atoms with Crippen LogP contribution >= 0.6 is 9.24 Å². The van der Waals surface area contributed by atoms with E-state index in [1.54, 1.807) is 0 Å². The molecule has 0 fully saturated rings. The van der Waals surface area contributed by atoms with Crippen LogP contribution in [0.15, 0.2) is 0 Å². The molecule has 0 aromatic carbocycles. The van der Waals surface area contributed by atoms with E-state index in [0.717, 1.165) is 19.0 Å².